The number of carbonyl (C=O) groups is 1. The zero-order chi connectivity index (χ0) is 27.4. The molecule has 5 aliphatic rings. The minimum absolute atomic E-state index is 0.00779. The third kappa shape index (κ3) is 3.36. The van der Waals surface area contributed by atoms with Gasteiger partial charge < -0.3 is 14.9 Å². The monoisotopic (exact) mass is 522 g/mol. The van der Waals surface area contributed by atoms with Crippen LogP contribution in [0.2, 0.25) is 0 Å². The average molecular weight is 523 g/mol. The molecule has 6 rings (SSSR count). The summed E-state index contributed by atoms with van der Waals surface area (Å²) in [6.45, 7) is 18.7. The van der Waals surface area contributed by atoms with E-state index in [-0.39, 0.29) is 45.0 Å². The molecule has 3 saturated carbocycles. The summed E-state index contributed by atoms with van der Waals surface area (Å²) in [6, 6.07) is 0. The molecule has 3 fully saturated rings. The van der Waals surface area contributed by atoms with Gasteiger partial charge in [-0.15, -0.1) is 0 Å². The summed E-state index contributed by atoms with van der Waals surface area (Å²) in [7, 11) is 0. The Bertz CT molecular complexity index is 1160. The highest BCUT2D eigenvalue weighted by Crippen LogP contribution is 2.74. The van der Waals surface area contributed by atoms with Crippen molar-refractivity contribution in [1.29, 1.82) is 0 Å². The number of allylic oxidation sites excluding steroid dienone is 2. The first-order valence-corrected chi connectivity index (χ1v) is 15.3. The quantitative estimate of drug-likeness (QED) is 0.457. The van der Waals surface area contributed by atoms with Gasteiger partial charge in [-0.05, 0) is 96.4 Å². The number of aromatic nitrogens is 1. The Balaban J connectivity index is 1.46. The smallest absolute Gasteiger partial charge is 0.159 e. The molecule has 1 heterocycles. The molecule has 0 aromatic carbocycles. The van der Waals surface area contributed by atoms with Gasteiger partial charge in [0.15, 0.2) is 5.78 Å². The maximum Gasteiger partial charge on any atom is 0.159 e. The minimum Gasteiger partial charge on any atom is -0.395 e. The van der Waals surface area contributed by atoms with Gasteiger partial charge in [0.2, 0.25) is 0 Å². The van der Waals surface area contributed by atoms with Crippen molar-refractivity contribution in [1.82, 2.24) is 10.5 Å². The zero-order valence-corrected chi connectivity index (χ0v) is 24.9. The summed E-state index contributed by atoms with van der Waals surface area (Å²) >= 11 is 0. The third-order valence-corrected chi connectivity index (χ3v) is 13.3. The van der Waals surface area contributed by atoms with Crippen molar-refractivity contribution in [2.24, 2.45) is 44.8 Å². The normalized spacial score (nSPS) is 44.7. The van der Waals surface area contributed by atoms with Crippen molar-refractivity contribution in [3.63, 3.8) is 0 Å². The zero-order valence-electron chi connectivity index (χ0n) is 24.9. The predicted molar refractivity (Wildman–Crippen MR) is 150 cm³/mol. The van der Waals surface area contributed by atoms with Crippen molar-refractivity contribution >= 4 is 5.78 Å². The highest BCUT2D eigenvalue weighted by molar-refractivity contribution is 5.95. The number of ketones is 1. The fraction of sp³-hybridized carbons (Fsp3) is 0.818. The molecule has 1 aromatic heterocycles. The lowest BCUT2D eigenvalue weighted by Gasteiger charge is -2.69. The highest BCUT2D eigenvalue weighted by Gasteiger charge is 2.69. The molecule has 0 radical (unpaired) electrons. The number of fused-ring (bicyclic) bond motifs is 8. The van der Waals surface area contributed by atoms with E-state index in [0.717, 1.165) is 44.4 Å². The fourth-order valence-corrected chi connectivity index (χ4v) is 11.1. The van der Waals surface area contributed by atoms with Gasteiger partial charge in [-0.1, -0.05) is 59.2 Å². The molecule has 38 heavy (non-hydrogen) atoms. The number of aliphatic hydroxyl groups excluding tert-OH is 1. The number of aliphatic hydroxyl groups is 1. The number of hydrogen-bond donors (Lipinski definition) is 2. The summed E-state index contributed by atoms with van der Waals surface area (Å²) in [5.41, 5.74) is 2.86. The average Bonchev–Trinajstić information content (AvgIpc) is 3.30. The molecule has 0 unspecified atom stereocenters. The van der Waals surface area contributed by atoms with Gasteiger partial charge in [-0.2, -0.15) is 0 Å². The van der Waals surface area contributed by atoms with Gasteiger partial charge in [-0.3, -0.25) is 4.79 Å². The van der Waals surface area contributed by atoms with Crippen LogP contribution in [0.15, 0.2) is 22.4 Å². The summed E-state index contributed by atoms with van der Waals surface area (Å²) in [5.74, 6) is 2.34. The number of carbonyl (C=O) groups excluding carboxylic acids is 1. The van der Waals surface area contributed by atoms with Crippen molar-refractivity contribution in [2.45, 2.75) is 105 Å². The number of nitrogens with zero attached hydrogens (tertiary/aromatic N) is 1. The van der Waals surface area contributed by atoms with Crippen LogP contribution in [0.1, 0.15) is 105 Å². The van der Waals surface area contributed by atoms with E-state index in [1.165, 1.54) is 30.4 Å². The van der Waals surface area contributed by atoms with E-state index in [1.807, 2.05) is 6.20 Å². The standard InChI is InChI=1S/C33H50N2O3/c1-28(2)10-12-33(20-34-14-15-36)13-11-32(7)26(22(33)18-28)23(37)16-25-30(5)17-21-19-35-38-27(21)29(3,4)24(30)8-9-31(25,32)6/h16,19,22,24,26,34,36H,8-15,17-18,20H2,1-7H3/t22-,24-,26-,30-,31+,32+,33+/m0/s1. The topological polar surface area (TPSA) is 75.4 Å². The van der Waals surface area contributed by atoms with Crippen LogP contribution in [0, 0.1) is 44.8 Å². The summed E-state index contributed by atoms with van der Waals surface area (Å²) in [6.07, 6.45) is 13.1. The molecule has 0 bridgehead atoms. The molecule has 5 nitrogen and oxygen atoms in total. The molecule has 2 N–H and O–H groups in total. The van der Waals surface area contributed by atoms with E-state index in [0.29, 0.717) is 24.2 Å². The highest BCUT2D eigenvalue weighted by atomic mass is 16.5. The second kappa shape index (κ2) is 8.28. The molecular formula is C33H50N2O3. The van der Waals surface area contributed by atoms with Gasteiger partial charge in [0.05, 0.1) is 12.8 Å². The first kappa shape index (κ1) is 26.7. The third-order valence-electron chi connectivity index (χ3n) is 13.3. The van der Waals surface area contributed by atoms with Crippen LogP contribution in [-0.4, -0.2) is 35.7 Å². The Morgan fingerprint density at radius 2 is 1.79 bits per heavy atom. The van der Waals surface area contributed by atoms with E-state index in [4.69, 9.17) is 4.52 Å². The van der Waals surface area contributed by atoms with Gasteiger partial charge in [0.1, 0.15) is 5.76 Å². The van der Waals surface area contributed by atoms with Crippen LogP contribution >= 0.6 is 0 Å². The van der Waals surface area contributed by atoms with E-state index >= 15 is 0 Å². The molecule has 1 aromatic rings. The SMILES string of the molecule is CC1(C)CC[C@]2(CNCCO)CC[C@]3(C)[C@H](C(=O)C=C4[C@@]5(C)Cc6cnoc6C(C)(C)[C@@H]5CC[C@]43C)[C@@H]2C1. The first-order valence-electron chi connectivity index (χ1n) is 15.3. The maximum absolute atomic E-state index is 14.6. The Morgan fingerprint density at radius 1 is 1.05 bits per heavy atom. The molecule has 5 aliphatic carbocycles. The number of hydrogen-bond acceptors (Lipinski definition) is 5. The van der Waals surface area contributed by atoms with Gasteiger partial charge >= 0.3 is 0 Å². The van der Waals surface area contributed by atoms with Crippen LogP contribution in [0.4, 0.5) is 0 Å². The largest absolute Gasteiger partial charge is 0.395 e. The minimum atomic E-state index is -0.102. The van der Waals surface area contributed by atoms with Crippen molar-refractivity contribution in [2.75, 3.05) is 19.7 Å². The van der Waals surface area contributed by atoms with E-state index < -0.39 is 0 Å². The van der Waals surface area contributed by atoms with Crippen LogP contribution in [0.3, 0.4) is 0 Å². The van der Waals surface area contributed by atoms with Gasteiger partial charge in [0.25, 0.3) is 0 Å². The lowest BCUT2D eigenvalue weighted by Crippen LogP contribution is -2.66. The molecule has 0 saturated heterocycles. The lowest BCUT2D eigenvalue weighted by atomic mass is 9.34. The summed E-state index contributed by atoms with van der Waals surface area (Å²) < 4.78 is 5.83. The van der Waals surface area contributed by atoms with Crippen molar-refractivity contribution < 1.29 is 14.4 Å². The van der Waals surface area contributed by atoms with Crippen LogP contribution in [0.25, 0.3) is 0 Å². The number of nitrogens with one attached hydrogen (secondary N) is 1. The molecule has 0 spiro atoms. The number of rotatable bonds is 4. The van der Waals surface area contributed by atoms with E-state index in [2.05, 4.69) is 65.0 Å². The van der Waals surface area contributed by atoms with Gasteiger partial charge in [-0.25, -0.2) is 0 Å². The molecular weight excluding hydrogens is 472 g/mol. The van der Waals surface area contributed by atoms with E-state index in [9.17, 15) is 9.90 Å². The lowest BCUT2D eigenvalue weighted by molar-refractivity contribution is -0.171. The van der Waals surface area contributed by atoms with Crippen LogP contribution in [0.5, 0.6) is 0 Å². The van der Waals surface area contributed by atoms with Crippen LogP contribution in [-0.2, 0) is 16.6 Å². The summed E-state index contributed by atoms with van der Waals surface area (Å²) in [4.78, 5) is 14.6. The molecule has 7 atom stereocenters. The predicted octanol–water partition coefficient (Wildman–Crippen LogP) is 6.25. The Labute approximate surface area is 229 Å². The molecule has 210 valence electrons. The second-order valence-corrected chi connectivity index (χ2v) is 16.0. The summed E-state index contributed by atoms with van der Waals surface area (Å²) in [5, 5.41) is 17.3. The van der Waals surface area contributed by atoms with E-state index in [1.54, 1.807) is 0 Å². The molecule has 0 amide bonds. The van der Waals surface area contributed by atoms with Crippen molar-refractivity contribution in [3.8, 4) is 0 Å². The Kier molecular flexibility index (Phi) is 5.83. The molecule has 0 aliphatic heterocycles. The fourth-order valence-electron chi connectivity index (χ4n) is 11.1. The van der Waals surface area contributed by atoms with Gasteiger partial charge in [0, 0.05) is 30.0 Å². The first-order chi connectivity index (χ1) is 17.7. The Hall–Kier alpha value is -1.46. The molecule has 5 heteroatoms. The van der Waals surface area contributed by atoms with Crippen LogP contribution < -0.4 is 5.32 Å². The second-order valence-electron chi connectivity index (χ2n) is 16.0. The van der Waals surface area contributed by atoms with Crippen molar-refractivity contribution in [3.05, 3.63) is 29.2 Å². The Morgan fingerprint density at radius 3 is 2.53 bits per heavy atom. The maximum atomic E-state index is 14.6.